The molecule has 3 nitrogen and oxygen atoms in total. The molecule has 1 aliphatic rings. The Morgan fingerprint density at radius 3 is 3.06 bits per heavy atom. The second-order valence-corrected chi connectivity index (χ2v) is 4.45. The van der Waals surface area contributed by atoms with E-state index >= 15 is 0 Å². The van der Waals surface area contributed by atoms with Gasteiger partial charge >= 0.3 is 0 Å². The van der Waals surface area contributed by atoms with Crippen molar-refractivity contribution in [3.63, 3.8) is 0 Å². The maximum Gasteiger partial charge on any atom is 0.124 e. The molecule has 0 aromatic heterocycles. The zero-order chi connectivity index (χ0) is 12.1. The first-order valence-electron chi connectivity index (χ1n) is 6.31. The number of ether oxygens (including phenoxy) is 2. The normalized spacial score (nSPS) is 20.5. The van der Waals surface area contributed by atoms with E-state index in [1.54, 1.807) is 7.11 Å². The summed E-state index contributed by atoms with van der Waals surface area (Å²) in [5, 5.41) is 3.66. The van der Waals surface area contributed by atoms with E-state index in [1.807, 2.05) is 12.1 Å². The van der Waals surface area contributed by atoms with Crippen LogP contribution in [0.15, 0.2) is 24.3 Å². The molecule has 2 unspecified atom stereocenters. The van der Waals surface area contributed by atoms with E-state index in [-0.39, 0.29) is 0 Å². The molecular formula is C14H21NO2. The van der Waals surface area contributed by atoms with Crippen molar-refractivity contribution in [2.45, 2.75) is 31.8 Å². The van der Waals surface area contributed by atoms with Gasteiger partial charge in [0.1, 0.15) is 5.75 Å². The summed E-state index contributed by atoms with van der Waals surface area (Å²) in [5.41, 5.74) is 1.27. The summed E-state index contributed by atoms with van der Waals surface area (Å²) in [7, 11) is 1.75. The van der Waals surface area contributed by atoms with Gasteiger partial charge in [-0.2, -0.15) is 0 Å². The SMILES string of the molecule is CCC(COC)NC1CCOc2ccccc21. The van der Waals surface area contributed by atoms with Crippen LogP contribution in [0.25, 0.3) is 0 Å². The maximum atomic E-state index is 5.66. The van der Waals surface area contributed by atoms with Gasteiger partial charge in [-0.15, -0.1) is 0 Å². The number of methoxy groups -OCH3 is 1. The average molecular weight is 235 g/mol. The quantitative estimate of drug-likeness (QED) is 0.850. The van der Waals surface area contributed by atoms with Gasteiger partial charge in [0, 0.05) is 31.2 Å². The lowest BCUT2D eigenvalue weighted by molar-refractivity contribution is 0.150. The van der Waals surface area contributed by atoms with Crippen LogP contribution in [0, 0.1) is 0 Å². The summed E-state index contributed by atoms with van der Waals surface area (Å²) in [6.07, 6.45) is 2.10. The molecule has 2 rings (SSSR count). The van der Waals surface area contributed by atoms with E-state index in [1.165, 1.54) is 5.56 Å². The minimum absolute atomic E-state index is 0.389. The number of benzene rings is 1. The first-order chi connectivity index (χ1) is 8.35. The van der Waals surface area contributed by atoms with Crippen molar-refractivity contribution in [2.24, 2.45) is 0 Å². The highest BCUT2D eigenvalue weighted by atomic mass is 16.5. The molecule has 3 heteroatoms. The molecule has 17 heavy (non-hydrogen) atoms. The van der Waals surface area contributed by atoms with Crippen molar-refractivity contribution in [3.05, 3.63) is 29.8 Å². The molecule has 0 saturated carbocycles. The zero-order valence-electron chi connectivity index (χ0n) is 10.6. The second kappa shape index (κ2) is 6.03. The van der Waals surface area contributed by atoms with Gasteiger partial charge in [0.15, 0.2) is 0 Å². The first-order valence-corrected chi connectivity index (χ1v) is 6.31. The lowest BCUT2D eigenvalue weighted by Gasteiger charge is -2.30. The van der Waals surface area contributed by atoms with Crippen LogP contribution in [0.5, 0.6) is 5.75 Å². The molecule has 1 aromatic carbocycles. The molecule has 0 radical (unpaired) electrons. The Balaban J connectivity index is 2.07. The van der Waals surface area contributed by atoms with Crippen LogP contribution in [0.2, 0.25) is 0 Å². The fourth-order valence-electron chi connectivity index (χ4n) is 2.28. The van der Waals surface area contributed by atoms with Gasteiger partial charge in [-0.3, -0.25) is 0 Å². The Labute approximate surface area is 103 Å². The van der Waals surface area contributed by atoms with Gasteiger partial charge < -0.3 is 14.8 Å². The van der Waals surface area contributed by atoms with Gasteiger partial charge in [0.25, 0.3) is 0 Å². The van der Waals surface area contributed by atoms with Crippen LogP contribution in [0.4, 0.5) is 0 Å². The summed E-state index contributed by atoms with van der Waals surface area (Å²) >= 11 is 0. The Kier molecular flexibility index (Phi) is 4.40. The summed E-state index contributed by atoms with van der Waals surface area (Å²) < 4.78 is 10.9. The zero-order valence-corrected chi connectivity index (χ0v) is 10.6. The van der Waals surface area contributed by atoms with Gasteiger partial charge in [-0.25, -0.2) is 0 Å². The molecule has 1 heterocycles. The van der Waals surface area contributed by atoms with Crippen molar-refractivity contribution >= 4 is 0 Å². The highest BCUT2D eigenvalue weighted by molar-refractivity contribution is 5.37. The standard InChI is InChI=1S/C14H21NO2/c1-3-11(10-16-2)15-13-8-9-17-14-7-5-4-6-12(13)14/h4-7,11,13,15H,3,8-10H2,1-2H3. The predicted octanol–water partition coefficient (Wildman–Crippen LogP) is 2.52. The molecule has 94 valence electrons. The van der Waals surface area contributed by atoms with E-state index in [9.17, 15) is 0 Å². The summed E-state index contributed by atoms with van der Waals surface area (Å²) in [4.78, 5) is 0. The average Bonchev–Trinajstić information content (AvgIpc) is 2.38. The lowest BCUT2D eigenvalue weighted by Crippen LogP contribution is -2.37. The molecule has 1 aliphatic heterocycles. The first kappa shape index (κ1) is 12.4. The molecule has 0 fully saturated rings. The van der Waals surface area contributed by atoms with Gasteiger partial charge in [-0.05, 0) is 12.5 Å². The molecule has 2 atom stereocenters. The Hall–Kier alpha value is -1.06. The van der Waals surface area contributed by atoms with Crippen LogP contribution < -0.4 is 10.1 Å². The van der Waals surface area contributed by atoms with E-state index in [2.05, 4.69) is 24.4 Å². The Morgan fingerprint density at radius 2 is 2.29 bits per heavy atom. The van der Waals surface area contributed by atoms with E-state index in [0.717, 1.165) is 31.8 Å². The smallest absolute Gasteiger partial charge is 0.124 e. The van der Waals surface area contributed by atoms with E-state index < -0.39 is 0 Å². The summed E-state index contributed by atoms with van der Waals surface area (Å²) in [6.45, 7) is 3.73. The lowest BCUT2D eigenvalue weighted by atomic mass is 9.99. The fourth-order valence-corrected chi connectivity index (χ4v) is 2.28. The number of fused-ring (bicyclic) bond motifs is 1. The molecule has 0 aliphatic carbocycles. The van der Waals surface area contributed by atoms with E-state index in [0.29, 0.717) is 12.1 Å². The molecule has 0 spiro atoms. The van der Waals surface area contributed by atoms with Crippen LogP contribution in [0.1, 0.15) is 31.4 Å². The summed E-state index contributed by atoms with van der Waals surface area (Å²) in [5.74, 6) is 1.02. The number of hydrogen-bond donors (Lipinski definition) is 1. The molecule has 0 saturated heterocycles. The molecule has 0 amide bonds. The van der Waals surface area contributed by atoms with Crippen LogP contribution in [-0.4, -0.2) is 26.4 Å². The van der Waals surface area contributed by atoms with Crippen LogP contribution in [0.3, 0.4) is 0 Å². The van der Waals surface area contributed by atoms with Gasteiger partial charge in [-0.1, -0.05) is 25.1 Å². The summed E-state index contributed by atoms with van der Waals surface area (Å²) in [6, 6.07) is 9.08. The minimum Gasteiger partial charge on any atom is -0.493 e. The van der Waals surface area contributed by atoms with Crippen LogP contribution >= 0.6 is 0 Å². The minimum atomic E-state index is 0.389. The Morgan fingerprint density at radius 1 is 1.47 bits per heavy atom. The molecule has 1 aromatic rings. The monoisotopic (exact) mass is 235 g/mol. The number of hydrogen-bond acceptors (Lipinski definition) is 3. The second-order valence-electron chi connectivity index (χ2n) is 4.45. The van der Waals surface area contributed by atoms with Crippen molar-refractivity contribution in [1.82, 2.24) is 5.32 Å². The fraction of sp³-hybridized carbons (Fsp3) is 0.571. The Bertz CT molecular complexity index is 354. The van der Waals surface area contributed by atoms with Crippen molar-refractivity contribution in [2.75, 3.05) is 20.3 Å². The maximum absolute atomic E-state index is 5.66. The van der Waals surface area contributed by atoms with Gasteiger partial charge in [0.05, 0.1) is 13.2 Å². The van der Waals surface area contributed by atoms with Crippen molar-refractivity contribution in [1.29, 1.82) is 0 Å². The van der Waals surface area contributed by atoms with Crippen molar-refractivity contribution < 1.29 is 9.47 Å². The topological polar surface area (TPSA) is 30.5 Å². The van der Waals surface area contributed by atoms with Crippen molar-refractivity contribution in [3.8, 4) is 5.75 Å². The number of para-hydroxylation sites is 1. The highest BCUT2D eigenvalue weighted by Gasteiger charge is 2.22. The molecule has 1 N–H and O–H groups in total. The highest BCUT2D eigenvalue weighted by Crippen LogP contribution is 2.31. The third-order valence-electron chi connectivity index (χ3n) is 3.26. The third kappa shape index (κ3) is 2.99. The molecule has 0 bridgehead atoms. The number of nitrogens with one attached hydrogen (secondary N) is 1. The van der Waals surface area contributed by atoms with Gasteiger partial charge in [0.2, 0.25) is 0 Å². The van der Waals surface area contributed by atoms with Crippen LogP contribution in [-0.2, 0) is 4.74 Å². The van der Waals surface area contributed by atoms with E-state index in [4.69, 9.17) is 9.47 Å². The third-order valence-corrected chi connectivity index (χ3v) is 3.26. The largest absolute Gasteiger partial charge is 0.493 e. The predicted molar refractivity (Wildman–Crippen MR) is 68.4 cm³/mol. The number of rotatable bonds is 5. The molecular weight excluding hydrogens is 214 g/mol.